The molecular weight excluding hydrogens is 278 g/mol. The van der Waals surface area contributed by atoms with Crippen molar-refractivity contribution in [3.05, 3.63) is 28.8 Å². The van der Waals surface area contributed by atoms with E-state index in [1.807, 2.05) is 4.90 Å². The summed E-state index contributed by atoms with van der Waals surface area (Å²) in [5.41, 5.74) is 0.900. The third kappa shape index (κ3) is 2.63. The van der Waals surface area contributed by atoms with Gasteiger partial charge in [-0.2, -0.15) is 0 Å². The second-order valence-corrected chi connectivity index (χ2v) is 6.03. The highest BCUT2D eigenvalue weighted by atomic mass is 35.5. The highest BCUT2D eigenvalue weighted by Gasteiger charge is 2.41. The van der Waals surface area contributed by atoms with Crippen molar-refractivity contribution in [1.82, 2.24) is 4.90 Å². The fourth-order valence-corrected chi connectivity index (χ4v) is 3.10. The molecule has 0 atom stereocenters. The molecule has 2 saturated heterocycles. The van der Waals surface area contributed by atoms with E-state index >= 15 is 0 Å². The zero-order valence-corrected chi connectivity index (χ0v) is 12.0. The Kier molecular flexibility index (Phi) is 3.61. The number of piperidine rings is 1. The quantitative estimate of drug-likeness (QED) is 0.911. The van der Waals surface area contributed by atoms with Crippen LogP contribution in [0.3, 0.4) is 0 Å². The van der Waals surface area contributed by atoms with Crippen molar-refractivity contribution in [1.29, 1.82) is 0 Å². The number of rotatable bonds is 2. The molecule has 0 radical (unpaired) electrons. The summed E-state index contributed by atoms with van der Waals surface area (Å²) in [6.07, 6.45) is 3.33. The lowest BCUT2D eigenvalue weighted by Gasteiger charge is -2.47. The molecule has 1 spiro atoms. The second-order valence-electron chi connectivity index (χ2n) is 5.62. The summed E-state index contributed by atoms with van der Waals surface area (Å²) < 4.78 is 5.65. The van der Waals surface area contributed by atoms with E-state index in [2.05, 4.69) is 0 Å². The summed E-state index contributed by atoms with van der Waals surface area (Å²) in [5.74, 6) is 0.158. The number of likely N-dealkylation sites (tertiary alicyclic amines) is 1. The molecule has 0 bridgehead atoms. The molecule has 2 aliphatic heterocycles. The van der Waals surface area contributed by atoms with Gasteiger partial charge >= 0.3 is 0 Å². The monoisotopic (exact) mass is 295 g/mol. The highest BCUT2D eigenvalue weighted by Crippen LogP contribution is 2.36. The van der Waals surface area contributed by atoms with E-state index in [0.29, 0.717) is 6.42 Å². The Morgan fingerprint density at radius 3 is 2.60 bits per heavy atom. The van der Waals surface area contributed by atoms with Crippen molar-refractivity contribution in [2.75, 3.05) is 19.7 Å². The third-order valence-corrected chi connectivity index (χ3v) is 4.66. The number of carbonyl (C=O) groups is 1. The summed E-state index contributed by atoms with van der Waals surface area (Å²) in [7, 11) is 0. The molecule has 0 unspecified atom stereocenters. The summed E-state index contributed by atoms with van der Waals surface area (Å²) in [4.78, 5) is 14.2. The van der Waals surface area contributed by atoms with Crippen molar-refractivity contribution in [3.63, 3.8) is 0 Å². The van der Waals surface area contributed by atoms with Gasteiger partial charge in [0.25, 0.3) is 0 Å². The number of hydrogen-bond acceptors (Lipinski definition) is 3. The molecule has 2 fully saturated rings. The van der Waals surface area contributed by atoms with Gasteiger partial charge in [0.1, 0.15) is 5.75 Å². The van der Waals surface area contributed by atoms with E-state index in [0.717, 1.165) is 44.5 Å². The first-order valence-electron chi connectivity index (χ1n) is 6.97. The lowest BCUT2D eigenvalue weighted by Crippen LogP contribution is -2.53. The van der Waals surface area contributed by atoms with Gasteiger partial charge < -0.3 is 14.7 Å². The summed E-state index contributed by atoms with van der Waals surface area (Å²) in [5, 5.41) is 9.66. The molecule has 108 valence electrons. The Morgan fingerprint density at radius 2 is 2.05 bits per heavy atom. The molecule has 2 aliphatic rings. The first-order valence-corrected chi connectivity index (χ1v) is 7.35. The number of ether oxygens (including phenoxy) is 1. The van der Waals surface area contributed by atoms with Crippen LogP contribution in [0.2, 0.25) is 5.02 Å². The third-order valence-electron chi connectivity index (χ3n) is 4.36. The zero-order valence-electron chi connectivity index (χ0n) is 11.3. The van der Waals surface area contributed by atoms with Crippen LogP contribution in [0.4, 0.5) is 0 Å². The van der Waals surface area contributed by atoms with Crippen LogP contribution in [0.5, 0.6) is 5.75 Å². The average molecular weight is 296 g/mol. The minimum absolute atomic E-state index is 0.0462. The maximum absolute atomic E-state index is 12.3. The van der Waals surface area contributed by atoms with Crippen LogP contribution >= 0.6 is 11.6 Å². The molecule has 0 saturated carbocycles. The fraction of sp³-hybridized carbons (Fsp3) is 0.533. The molecule has 20 heavy (non-hydrogen) atoms. The first-order chi connectivity index (χ1) is 9.58. The Labute approximate surface area is 123 Å². The van der Waals surface area contributed by atoms with E-state index in [1.54, 1.807) is 12.1 Å². The largest absolute Gasteiger partial charge is 0.506 e. The smallest absolute Gasteiger partial charge is 0.226 e. The Balaban J connectivity index is 1.58. The number of phenolic OH excluding ortho intramolecular Hbond substituents is 1. The molecule has 5 heteroatoms. The van der Waals surface area contributed by atoms with Crippen LogP contribution in [0.25, 0.3) is 0 Å². The van der Waals surface area contributed by atoms with E-state index < -0.39 is 0 Å². The highest BCUT2D eigenvalue weighted by molar-refractivity contribution is 6.32. The molecule has 0 aromatic heterocycles. The van der Waals surface area contributed by atoms with Crippen LogP contribution in [0.1, 0.15) is 24.8 Å². The molecule has 1 amide bonds. The molecule has 2 heterocycles. The molecule has 1 N–H and O–H groups in total. The number of phenols is 1. The predicted octanol–water partition coefficient (Wildman–Crippen LogP) is 2.37. The van der Waals surface area contributed by atoms with Crippen molar-refractivity contribution >= 4 is 17.5 Å². The summed E-state index contributed by atoms with van der Waals surface area (Å²) in [6.45, 7) is 2.40. The van der Waals surface area contributed by atoms with Crippen LogP contribution < -0.4 is 0 Å². The van der Waals surface area contributed by atoms with E-state index in [9.17, 15) is 9.90 Å². The lowest BCUT2D eigenvalue weighted by molar-refractivity contribution is -0.176. The zero-order chi connectivity index (χ0) is 14.2. The van der Waals surface area contributed by atoms with Gasteiger partial charge in [-0.3, -0.25) is 4.79 Å². The minimum atomic E-state index is 0.0462. The first kappa shape index (κ1) is 13.7. The van der Waals surface area contributed by atoms with Gasteiger partial charge in [0.05, 0.1) is 23.7 Å². The number of aromatic hydroxyl groups is 1. The van der Waals surface area contributed by atoms with Crippen LogP contribution in [-0.4, -0.2) is 41.2 Å². The fourth-order valence-electron chi connectivity index (χ4n) is 2.90. The van der Waals surface area contributed by atoms with Gasteiger partial charge in [-0.25, -0.2) is 0 Å². The maximum Gasteiger partial charge on any atom is 0.226 e. The van der Waals surface area contributed by atoms with Crippen LogP contribution in [-0.2, 0) is 16.0 Å². The number of halogens is 1. The van der Waals surface area contributed by atoms with Crippen molar-refractivity contribution in [2.45, 2.75) is 31.3 Å². The minimum Gasteiger partial charge on any atom is -0.506 e. The molecule has 0 aliphatic carbocycles. The molecule has 1 aromatic rings. The lowest BCUT2D eigenvalue weighted by atomic mass is 9.84. The van der Waals surface area contributed by atoms with Crippen molar-refractivity contribution in [2.24, 2.45) is 0 Å². The van der Waals surface area contributed by atoms with Crippen LogP contribution in [0.15, 0.2) is 18.2 Å². The number of nitrogens with zero attached hydrogens (tertiary/aromatic N) is 1. The SMILES string of the molecule is O=C(Cc1ccc(O)c(Cl)c1)N1CCC2(CCO2)CC1. The number of hydrogen-bond donors (Lipinski definition) is 1. The molecule has 3 rings (SSSR count). The van der Waals surface area contributed by atoms with Gasteiger partial charge in [-0.1, -0.05) is 17.7 Å². The van der Waals surface area contributed by atoms with E-state index in [4.69, 9.17) is 16.3 Å². The van der Waals surface area contributed by atoms with Gasteiger partial charge in [0.15, 0.2) is 0 Å². The van der Waals surface area contributed by atoms with Gasteiger partial charge in [-0.15, -0.1) is 0 Å². The average Bonchev–Trinajstić information content (AvgIpc) is 2.41. The molecular formula is C15H18ClNO3. The van der Waals surface area contributed by atoms with E-state index in [1.165, 1.54) is 6.07 Å². The Bertz CT molecular complexity index is 518. The predicted molar refractivity (Wildman–Crippen MR) is 75.9 cm³/mol. The van der Waals surface area contributed by atoms with Gasteiger partial charge in [0, 0.05) is 13.1 Å². The van der Waals surface area contributed by atoms with Gasteiger partial charge in [0.2, 0.25) is 5.91 Å². The van der Waals surface area contributed by atoms with E-state index in [-0.39, 0.29) is 22.3 Å². The van der Waals surface area contributed by atoms with Crippen molar-refractivity contribution < 1.29 is 14.6 Å². The van der Waals surface area contributed by atoms with Crippen LogP contribution in [0, 0.1) is 0 Å². The summed E-state index contributed by atoms with van der Waals surface area (Å²) >= 11 is 5.86. The number of carbonyl (C=O) groups excluding carboxylic acids is 1. The molecule has 4 nitrogen and oxygen atoms in total. The Hall–Kier alpha value is -1.26. The number of benzene rings is 1. The molecule has 1 aromatic carbocycles. The van der Waals surface area contributed by atoms with Crippen molar-refractivity contribution in [3.8, 4) is 5.75 Å². The summed E-state index contributed by atoms with van der Waals surface area (Å²) in [6, 6.07) is 4.91. The number of amides is 1. The topological polar surface area (TPSA) is 49.8 Å². The maximum atomic E-state index is 12.3. The Morgan fingerprint density at radius 1 is 1.35 bits per heavy atom. The normalized spacial score (nSPS) is 20.8. The standard InChI is InChI=1S/C15H18ClNO3/c16-12-9-11(1-2-13(12)18)10-14(19)17-6-3-15(4-7-17)5-8-20-15/h1-2,9,18H,3-8,10H2. The second kappa shape index (κ2) is 5.26. The van der Waals surface area contributed by atoms with Gasteiger partial charge in [-0.05, 0) is 37.0 Å².